The third-order valence-electron chi connectivity index (χ3n) is 5.05. The first-order chi connectivity index (χ1) is 13.6. The van der Waals surface area contributed by atoms with Gasteiger partial charge in [-0.05, 0) is 60.8 Å². The zero-order valence-corrected chi connectivity index (χ0v) is 17.3. The van der Waals surface area contributed by atoms with Crippen LogP contribution in [0.15, 0.2) is 42.5 Å². The number of benzene rings is 2. The number of carbonyl (C=O) groups excluding carboxylic acids is 1. The number of nitrogens with one attached hydrogen (secondary N) is 2. The molecule has 5 nitrogen and oxygen atoms in total. The van der Waals surface area contributed by atoms with E-state index in [2.05, 4.69) is 39.8 Å². The van der Waals surface area contributed by atoms with Crippen molar-refractivity contribution >= 4 is 29.0 Å². The Kier molecular flexibility index (Phi) is 7.01. The number of carbonyl (C=O) groups is 1. The molecule has 0 amide bonds. The van der Waals surface area contributed by atoms with Crippen LogP contribution in [-0.2, 0) is 17.7 Å². The van der Waals surface area contributed by atoms with Crippen molar-refractivity contribution in [2.75, 3.05) is 32.1 Å². The molecule has 0 spiro atoms. The van der Waals surface area contributed by atoms with Crippen molar-refractivity contribution < 1.29 is 9.53 Å². The number of hydrogen-bond acceptors (Lipinski definition) is 4. The quantitative estimate of drug-likeness (QED) is 0.442. The molecular formula is C22H27N3O2S. The molecule has 0 aromatic heterocycles. The number of fused-ring (bicyclic) bond motifs is 1. The fraction of sp³-hybridized carbons (Fsp3) is 0.364. The maximum absolute atomic E-state index is 11.7. The summed E-state index contributed by atoms with van der Waals surface area (Å²) in [6, 6.07) is 14.1. The molecule has 0 saturated carbocycles. The first-order valence-electron chi connectivity index (χ1n) is 9.60. The van der Waals surface area contributed by atoms with Crippen LogP contribution in [-0.4, -0.2) is 42.7 Å². The van der Waals surface area contributed by atoms with E-state index in [0.29, 0.717) is 10.7 Å². The van der Waals surface area contributed by atoms with Gasteiger partial charge in [0.05, 0.1) is 12.7 Å². The second-order valence-corrected chi connectivity index (χ2v) is 7.46. The Bertz CT molecular complexity index is 853. The Hall–Kier alpha value is -2.44. The third kappa shape index (κ3) is 5.30. The number of esters is 1. The third-order valence-corrected chi connectivity index (χ3v) is 5.30. The van der Waals surface area contributed by atoms with Gasteiger partial charge in [0.1, 0.15) is 0 Å². The molecule has 1 heterocycles. The van der Waals surface area contributed by atoms with Gasteiger partial charge in [0, 0.05) is 31.9 Å². The molecule has 0 radical (unpaired) electrons. The molecule has 6 heteroatoms. The summed E-state index contributed by atoms with van der Waals surface area (Å²) in [5, 5.41) is 7.00. The largest absolute Gasteiger partial charge is 0.465 e. The van der Waals surface area contributed by atoms with Crippen molar-refractivity contribution in [1.29, 1.82) is 0 Å². The number of ether oxygens (including phenoxy) is 1. The summed E-state index contributed by atoms with van der Waals surface area (Å²) >= 11 is 5.40. The van der Waals surface area contributed by atoms with E-state index in [9.17, 15) is 4.79 Å². The molecule has 1 aliphatic heterocycles. The van der Waals surface area contributed by atoms with Gasteiger partial charge in [0.25, 0.3) is 0 Å². The molecular weight excluding hydrogens is 370 g/mol. The van der Waals surface area contributed by atoms with Crippen LogP contribution < -0.4 is 10.6 Å². The van der Waals surface area contributed by atoms with Gasteiger partial charge in [0.2, 0.25) is 0 Å². The van der Waals surface area contributed by atoms with Gasteiger partial charge in [-0.2, -0.15) is 0 Å². The highest BCUT2D eigenvalue weighted by atomic mass is 32.1. The van der Waals surface area contributed by atoms with Gasteiger partial charge in [-0.3, -0.25) is 4.90 Å². The van der Waals surface area contributed by atoms with Crippen molar-refractivity contribution in [2.45, 2.75) is 26.3 Å². The Balaban J connectivity index is 1.42. The molecule has 0 saturated heterocycles. The first kappa shape index (κ1) is 20.3. The van der Waals surface area contributed by atoms with Crippen LogP contribution in [0.2, 0.25) is 0 Å². The predicted octanol–water partition coefficient (Wildman–Crippen LogP) is 3.52. The van der Waals surface area contributed by atoms with E-state index in [-0.39, 0.29) is 5.97 Å². The average molecular weight is 398 g/mol. The van der Waals surface area contributed by atoms with E-state index < -0.39 is 0 Å². The zero-order valence-electron chi connectivity index (χ0n) is 16.5. The summed E-state index contributed by atoms with van der Waals surface area (Å²) in [7, 11) is 1.38. The summed E-state index contributed by atoms with van der Waals surface area (Å²) in [5.74, 6) is -0.356. The zero-order chi connectivity index (χ0) is 19.9. The molecule has 0 atom stereocenters. The summed E-state index contributed by atoms with van der Waals surface area (Å²) < 4.78 is 4.78. The Labute approximate surface area is 172 Å². The van der Waals surface area contributed by atoms with E-state index in [4.69, 9.17) is 17.0 Å². The second-order valence-electron chi connectivity index (χ2n) is 7.05. The van der Waals surface area contributed by atoms with Crippen LogP contribution >= 0.6 is 12.2 Å². The lowest BCUT2D eigenvalue weighted by Crippen LogP contribution is -2.35. The van der Waals surface area contributed by atoms with Crippen molar-refractivity contribution in [1.82, 2.24) is 10.2 Å². The van der Waals surface area contributed by atoms with Crippen LogP contribution in [0.4, 0.5) is 5.69 Å². The number of nitrogens with zero attached hydrogens (tertiary/aromatic N) is 1. The Morgan fingerprint density at radius 2 is 2.00 bits per heavy atom. The monoisotopic (exact) mass is 397 g/mol. The van der Waals surface area contributed by atoms with E-state index in [0.717, 1.165) is 50.3 Å². The van der Waals surface area contributed by atoms with Gasteiger partial charge in [-0.15, -0.1) is 0 Å². The molecule has 0 fully saturated rings. The molecule has 2 N–H and O–H groups in total. The smallest absolute Gasteiger partial charge is 0.337 e. The molecule has 3 rings (SSSR count). The number of hydrogen-bond donors (Lipinski definition) is 2. The summed E-state index contributed by atoms with van der Waals surface area (Å²) in [6.45, 7) is 5.96. The lowest BCUT2D eigenvalue weighted by molar-refractivity contribution is 0.0601. The van der Waals surface area contributed by atoms with E-state index in [1.165, 1.54) is 18.2 Å². The van der Waals surface area contributed by atoms with Crippen LogP contribution in [0.5, 0.6) is 0 Å². The van der Waals surface area contributed by atoms with Gasteiger partial charge in [0.15, 0.2) is 5.11 Å². The van der Waals surface area contributed by atoms with Crippen molar-refractivity contribution in [3.8, 4) is 0 Å². The summed E-state index contributed by atoms with van der Waals surface area (Å²) in [5.41, 5.74) is 5.26. The number of thiocarbonyl (C=S) groups is 1. The average Bonchev–Trinajstić information content (AvgIpc) is 2.72. The first-order valence-corrected chi connectivity index (χ1v) is 10.0. The number of aryl methyl sites for hydroxylation is 1. The molecule has 1 aliphatic rings. The highest BCUT2D eigenvalue weighted by Gasteiger charge is 2.15. The number of rotatable bonds is 6. The standard InChI is InChI=1S/C22H27N3O2S/c1-16-8-9-18(21(26)27-2)14-20(16)24-22(28)23-11-5-12-25-13-10-17-6-3-4-7-19(17)15-25/h3-4,6-9,14H,5,10-13,15H2,1-2H3,(H2,23,24,28). The van der Waals surface area contributed by atoms with Gasteiger partial charge < -0.3 is 15.4 Å². The van der Waals surface area contributed by atoms with Gasteiger partial charge in [-0.25, -0.2) is 4.79 Å². The lowest BCUT2D eigenvalue weighted by atomic mass is 10.00. The maximum Gasteiger partial charge on any atom is 0.337 e. The number of methoxy groups -OCH3 is 1. The minimum atomic E-state index is -0.356. The minimum absolute atomic E-state index is 0.356. The maximum atomic E-state index is 11.7. The molecule has 0 aliphatic carbocycles. The molecule has 148 valence electrons. The normalized spacial score (nSPS) is 13.5. The van der Waals surface area contributed by atoms with Crippen LogP contribution in [0.1, 0.15) is 33.5 Å². The lowest BCUT2D eigenvalue weighted by Gasteiger charge is -2.28. The van der Waals surface area contributed by atoms with Crippen molar-refractivity contribution in [3.63, 3.8) is 0 Å². The predicted molar refractivity (Wildman–Crippen MR) is 117 cm³/mol. The molecule has 2 aromatic carbocycles. The number of anilines is 1. The molecule has 28 heavy (non-hydrogen) atoms. The second kappa shape index (κ2) is 9.66. The Morgan fingerprint density at radius 3 is 2.79 bits per heavy atom. The summed E-state index contributed by atoms with van der Waals surface area (Å²) in [6.07, 6.45) is 2.14. The van der Waals surface area contributed by atoms with E-state index >= 15 is 0 Å². The fourth-order valence-electron chi connectivity index (χ4n) is 3.42. The van der Waals surface area contributed by atoms with Gasteiger partial charge >= 0.3 is 5.97 Å². The van der Waals surface area contributed by atoms with E-state index in [1.54, 1.807) is 12.1 Å². The highest BCUT2D eigenvalue weighted by molar-refractivity contribution is 7.80. The highest BCUT2D eigenvalue weighted by Crippen LogP contribution is 2.19. The molecule has 2 aromatic rings. The van der Waals surface area contributed by atoms with Gasteiger partial charge in [-0.1, -0.05) is 30.3 Å². The van der Waals surface area contributed by atoms with Crippen LogP contribution in [0.25, 0.3) is 0 Å². The molecule has 0 unspecified atom stereocenters. The van der Waals surface area contributed by atoms with Crippen molar-refractivity contribution in [2.24, 2.45) is 0 Å². The topological polar surface area (TPSA) is 53.6 Å². The summed E-state index contributed by atoms with van der Waals surface area (Å²) in [4.78, 5) is 14.2. The van der Waals surface area contributed by atoms with Crippen LogP contribution in [0.3, 0.4) is 0 Å². The fourth-order valence-corrected chi connectivity index (χ4v) is 3.63. The SMILES string of the molecule is COC(=O)c1ccc(C)c(NC(=S)NCCCN2CCc3ccccc3C2)c1. The minimum Gasteiger partial charge on any atom is -0.465 e. The van der Waals surface area contributed by atoms with E-state index in [1.807, 2.05) is 13.0 Å². The molecule has 0 bridgehead atoms. The van der Waals surface area contributed by atoms with Crippen LogP contribution in [0, 0.1) is 6.92 Å². The Morgan fingerprint density at radius 1 is 1.21 bits per heavy atom. The van der Waals surface area contributed by atoms with Crippen molar-refractivity contribution in [3.05, 3.63) is 64.7 Å².